The zero-order valence-electron chi connectivity index (χ0n) is 18.1. The summed E-state index contributed by atoms with van der Waals surface area (Å²) in [7, 11) is 1.86. The van der Waals surface area contributed by atoms with Crippen molar-refractivity contribution in [2.75, 3.05) is 25.5 Å². The van der Waals surface area contributed by atoms with Crippen LogP contribution in [0.2, 0.25) is 5.15 Å². The van der Waals surface area contributed by atoms with Crippen molar-refractivity contribution in [1.29, 1.82) is 0 Å². The molecule has 0 radical (unpaired) electrons. The van der Waals surface area contributed by atoms with E-state index < -0.39 is 5.82 Å². The molecule has 3 N–H and O–H groups in total. The number of H-pyrrole nitrogens is 1. The highest BCUT2D eigenvalue weighted by molar-refractivity contribution is 6.29. The molecule has 0 spiro atoms. The first-order valence-corrected chi connectivity index (χ1v) is 10.5. The van der Waals surface area contributed by atoms with E-state index in [4.69, 9.17) is 16.3 Å². The molecule has 0 unspecified atom stereocenters. The van der Waals surface area contributed by atoms with E-state index in [1.54, 1.807) is 6.20 Å². The first kappa shape index (κ1) is 23.4. The van der Waals surface area contributed by atoms with Gasteiger partial charge in [0.2, 0.25) is 0 Å². The molecule has 0 bridgehead atoms. The number of hydrogen-bond donors (Lipinski definition) is 3. The second-order valence-corrected chi connectivity index (χ2v) is 7.21. The van der Waals surface area contributed by atoms with Crippen LogP contribution in [0.15, 0.2) is 54.7 Å². The Morgan fingerprint density at radius 3 is 2.94 bits per heavy atom. The van der Waals surface area contributed by atoms with Crippen molar-refractivity contribution in [3.05, 3.63) is 65.7 Å². The quantitative estimate of drug-likeness (QED) is 0.237. The Labute approximate surface area is 190 Å². The van der Waals surface area contributed by atoms with E-state index >= 15 is 0 Å². The summed E-state index contributed by atoms with van der Waals surface area (Å²) < 4.78 is 20.1. The van der Waals surface area contributed by atoms with Gasteiger partial charge in [0, 0.05) is 18.8 Å². The Morgan fingerprint density at radius 1 is 1.31 bits per heavy atom. The molecule has 10 heteroatoms. The summed E-state index contributed by atoms with van der Waals surface area (Å²) in [6.07, 6.45) is 13.6. The SMILES string of the molecule is C\C=C/C=C(\C=C\[C@H](C)Nc1nc(-c2c[nH]c3ncc(Cl)nc23)ncc1F)OCCNC. The van der Waals surface area contributed by atoms with E-state index in [2.05, 4.69) is 35.6 Å². The molecule has 168 valence electrons. The number of likely N-dealkylation sites (N-methyl/N-ethyl adjacent to an activating group) is 1. The first-order chi connectivity index (χ1) is 15.5. The van der Waals surface area contributed by atoms with Gasteiger partial charge in [0.15, 0.2) is 23.1 Å². The zero-order chi connectivity index (χ0) is 22.9. The minimum absolute atomic E-state index is 0.0755. The standard InChI is InChI=1S/C22H25ClFN7O/c1-4-5-6-15(32-10-9-25-3)8-7-14(2)29-21-17(24)12-27-20(31-21)16-11-26-22-19(16)30-18(23)13-28-22/h4-8,11-14,25H,9-10H2,1-3H3,(H,26,28)(H,27,29,31)/b5-4-,8-7+,15-6+/t14-/m0/s1. The maximum absolute atomic E-state index is 14.4. The van der Waals surface area contributed by atoms with Crippen LogP contribution in [-0.4, -0.2) is 51.2 Å². The number of halogens is 2. The topological polar surface area (TPSA) is 101 Å². The molecule has 1 atom stereocenters. The summed E-state index contributed by atoms with van der Waals surface area (Å²) in [4.78, 5) is 19.9. The van der Waals surface area contributed by atoms with Gasteiger partial charge < -0.3 is 20.4 Å². The predicted molar refractivity (Wildman–Crippen MR) is 125 cm³/mol. The number of aromatic amines is 1. The first-order valence-electron chi connectivity index (χ1n) is 10.1. The van der Waals surface area contributed by atoms with Crippen molar-refractivity contribution >= 4 is 28.6 Å². The molecular formula is C22H25ClFN7O. The minimum Gasteiger partial charge on any atom is -0.492 e. The van der Waals surface area contributed by atoms with E-state index in [-0.39, 0.29) is 17.0 Å². The summed E-state index contributed by atoms with van der Waals surface area (Å²) in [5.41, 5.74) is 1.64. The molecular weight excluding hydrogens is 433 g/mol. The predicted octanol–water partition coefficient (Wildman–Crippen LogP) is 4.26. The molecule has 0 saturated carbocycles. The molecule has 0 fully saturated rings. The van der Waals surface area contributed by atoms with Gasteiger partial charge in [0.05, 0.1) is 18.0 Å². The molecule has 3 heterocycles. The van der Waals surface area contributed by atoms with Gasteiger partial charge in [-0.15, -0.1) is 0 Å². The van der Waals surface area contributed by atoms with Gasteiger partial charge in [-0.3, -0.25) is 0 Å². The third-order valence-electron chi connectivity index (χ3n) is 4.32. The van der Waals surface area contributed by atoms with Gasteiger partial charge in [-0.05, 0) is 33.0 Å². The lowest BCUT2D eigenvalue weighted by Crippen LogP contribution is -2.16. The van der Waals surface area contributed by atoms with Gasteiger partial charge in [0.1, 0.15) is 23.0 Å². The molecule has 0 aliphatic carbocycles. The highest BCUT2D eigenvalue weighted by Crippen LogP contribution is 2.26. The zero-order valence-corrected chi connectivity index (χ0v) is 18.8. The lowest BCUT2D eigenvalue weighted by molar-refractivity contribution is 0.227. The Hall–Kier alpha value is -3.30. The van der Waals surface area contributed by atoms with Crippen LogP contribution in [0.1, 0.15) is 13.8 Å². The van der Waals surface area contributed by atoms with Crippen molar-refractivity contribution in [3.63, 3.8) is 0 Å². The maximum Gasteiger partial charge on any atom is 0.183 e. The molecule has 0 saturated heterocycles. The molecule has 0 amide bonds. The second-order valence-electron chi connectivity index (χ2n) is 6.82. The third-order valence-corrected chi connectivity index (χ3v) is 4.51. The van der Waals surface area contributed by atoms with Crippen molar-refractivity contribution in [2.24, 2.45) is 0 Å². The largest absolute Gasteiger partial charge is 0.492 e. The minimum atomic E-state index is -0.562. The van der Waals surface area contributed by atoms with Gasteiger partial charge in [-0.25, -0.2) is 24.3 Å². The number of aromatic nitrogens is 5. The average Bonchev–Trinajstić information content (AvgIpc) is 3.20. The van der Waals surface area contributed by atoms with Crippen LogP contribution in [0.3, 0.4) is 0 Å². The number of nitrogens with zero attached hydrogens (tertiary/aromatic N) is 4. The maximum atomic E-state index is 14.4. The van der Waals surface area contributed by atoms with Crippen LogP contribution in [0.25, 0.3) is 22.6 Å². The smallest absolute Gasteiger partial charge is 0.183 e. The molecule has 8 nitrogen and oxygen atoms in total. The lowest BCUT2D eigenvalue weighted by atomic mass is 10.2. The van der Waals surface area contributed by atoms with Crippen molar-refractivity contribution < 1.29 is 9.13 Å². The van der Waals surface area contributed by atoms with Crippen LogP contribution in [-0.2, 0) is 4.74 Å². The second kappa shape index (κ2) is 11.4. The van der Waals surface area contributed by atoms with E-state index in [0.717, 1.165) is 12.7 Å². The number of allylic oxidation sites excluding steroid dienone is 4. The molecule has 32 heavy (non-hydrogen) atoms. The fraction of sp³-hybridized carbons (Fsp3) is 0.273. The van der Waals surface area contributed by atoms with Gasteiger partial charge in [0.25, 0.3) is 0 Å². The van der Waals surface area contributed by atoms with Gasteiger partial charge in [-0.2, -0.15) is 0 Å². The summed E-state index contributed by atoms with van der Waals surface area (Å²) in [5.74, 6) is 0.515. The Bertz CT molecular complexity index is 1140. The Kier molecular flexibility index (Phi) is 8.29. The Balaban J connectivity index is 1.78. The van der Waals surface area contributed by atoms with Crippen LogP contribution in [0.4, 0.5) is 10.2 Å². The monoisotopic (exact) mass is 457 g/mol. The number of rotatable bonds is 10. The van der Waals surface area contributed by atoms with Crippen molar-refractivity contribution in [3.8, 4) is 11.4 Å². The van der Waals surface area contributed by atoms with Gasteiger partial charge >= 0.3 is 0 Å². The molecule has 0 aromatic carbocycles. The van der Waals surface area contributed by atoms with Crippen LogP contribution in [0, 0.1) is 5.82 Å². The van der Waals surface area contributed by atoms with Crippen LogP contribution < -0.4 is 10.6 Å². The highest BCUT2D eigenvalue weighted by atomic mass is 35.5. The highest BCUT2D eigenvalue weighted by Gasteiger charge is 2.15. The normalized spacial score (nSPS) is 13.3. The van der Waals surface area contributed by atoms with E-state index in [0.29, 0.717) is 34.9 Å². The number of fused-ring (bicyclic) bond motifs is 1. The van der Waals surface area contributed by atoms with Gasteiger partial charge in [-0.1, -0.05) is 29.8 Å². The fourth-order valence-electron chi connectivity index (χ4n) is 2.76. The number of nitrogens with one attached hydrogen (secondary N) is 3. The van der Waals surface area contributed by atoms with Crippen molar-refractivity contribution in [1.82, 2.24) is 30.2 Å². The van der Waals surface area contributed by atoms with E-state index in [1.165, 1.54) is 6.20 Å². The van der Waals surface area contributed by atoms with Crippen molar-refractivity contribution in [2.45, 2.75) is 19.9 Å². The number of ether oxygens (including phenoxy) is 1. The molecule has 0 aliphatic heterocycles. The molecule has 3 rings (SSSR count). The summed E-state index contributed by atoms with van der Waals surface area (Å²) in [6, 6.07) is -0.230. The van der Waals surface area contributed by atoms with Crippen LogP contribution >= 0.6 is 11.6 Å². The average molecular weight is 458 g/mol. The Morgan fingerprint density at radius 2 is 2.16 bits per heavy atom. The third kappa shape index (κ3) is 6.12. The van der Waals surface area contributed by atoms with Crippen LogP contribution in [0.5, 0.6) is 0 Å². The lowest BCUT2D eigenvalue weighted by Gasteiger charge is -2.12. The summed E-state index contributed by atoms with van der Waals surface area (Å²) >= 11 is 5.96. The number of anilines is 1. The van der Waals surface area contributed by atoms with E-state index in [9.17, 15) is 4.39 Å². The molecule has 3 aromatic rings. The van der Waals surface area contributed by atoms with E-state index in [1.807, 2.05) is 51.3 Å². The molecule has 3 aromatic heterocycles. The summed E-state index contributed by atoms with van der Waals surface area (Å²) in [5, 5.41) is 6.33. The summed E-state index contributed by atoms with van der Waals surface area (Å²) in [6.45, 7) is 5.08. The number of hydrogen-bond acceptors (Lipinski definition) is 7. The molecule has 0 aliphatic rings. The fourth-order valence-corrected chi connectivity index (χ4v) is 2.89.